The van der Waals surface area contributed by atoms with E-state index in [0.29, 0.717) is 32.5 Å². The van der Waals surface area contributed by atoms with E-state index in [1.54, 1.807) is 7.11 Å². The minimum Gasteiger partial charge on any atom is -0.481 e. The Bertz CT molecular complexity index is 234. The number of amides is 2. The number of nitrogens with one attached hydrogen (secondary N) is 2. The van der Waals surface area contributed by atoms with Gasteiger partial charge in [0.1, 0.15) is 0 Å². The van der Waals surface area contributed by atoms with Crippen LogP contribution in [-0.2, 0) is 9.53 Å². The Morgan fingerprint density at radius 3 is 2.59 bits per heavy atom. The van der Waals surface area contributed by atoms with E-state index in [1.165, 1.54) is 0 Å². The number of carboxylic acids is 1. The van der Waals surface area contributed by atoms with Crippen LogP contribution in [0.3, 0.4) is 0 Å². The van der Waals surface area contributed by atoms with Crippen LogP contribution < -0.4 is 10.6 Å². The third-order valence-corrected chi connectivity index (χ3v) is 2.17. The molecule has 0 aromatic carbocycles. The summed E-state index contributed by atoms with van der Waals surface area (Å²) in [6.07, 6.45) is 1.40. The van der Waals surface area contributed by atoms with Crippen molar-refractivity contribution in [3.8, 4) is 0 Å². The Balaban J connectivity index is 3.37. The molecule has 100 valence electrons. The molecule has 17 heavy (non-hydrogen) atoms. The molecule has 0 aromatic heterocycles. The molecule has 3 N–H and O–H groups in total. The van der Waals surface area contributed by atoms with Crippen LogP contribution in [0.25, 0.3) is 0 Å². The summed E-state index contributed by atoms with van der Waals surface area (Å²) in [5.41, 5.74) is 0. The van der Waals surface area contributed by atoms with Gasteiger partial charge in [0, 0.05) is 26.6 Å². The van der Waals surface area contributed by atoms with E-state index in [1.807, 2.05) is 6.92 Å². The molecular formula is C11H22N2O4. The Hall–Kier alpha value is -1.30. The zero-order chi connectivity index (χ0) is 13.1. The van der Waals surface area contributed by atoms with Gasteiger partial charge in [-0.3, -0.25) is 4.79 Å². The van der Waals surface area contributed by atoms with Crippen LogP contribution in [0.4, 0.5) is 4.79 Å². The van der Waals surface area contributed by atoms with Crippen molar-refractivity contribution in [3.63, 3.8) is 0 Å². The largest absolute Gasteiger partial charge is 0.481 e. The molecule has 0 rings (SSSR count). The third kappa shape index (κ3) is 11.0. The number of rotatable bonds is 9. The second-order valence-electron chi connectivity index (χ2n) is 4.05. The molecular weight excluding hydrogens is 224 g/mol. The van der Waals surface area contributed by atoms with Crippen molar-refractivity contribution in [2.45, 2.75) is 26.2 Å². The smallest absolute Gasteiger partial charge is 0.314 e. The number of carbonyl (C=O) groups is 2. The Kier molecular flexibility index (Phi) is 9.14. The summed E-state index contributed by atoms with van der Waals surface area (Å²) < 4.78 is 4.94. The highest BCUT2D eigenvalue weighted by Crippen LogP contribution is 1.94. The zero-order valence-electron chi connectivity index (χ0n) is 10.5. The fourth-order valence-electron chi connectivity index (χ4n) is 1.28. The van der Waals surface area contributed by atoms with Gasteiger partial charge in [-0.15, -0.1) is 0 Å². The summed E-state index contributed by atoms with van der Waals surface area (Å²) in [5.74, 6) is -0.527. The first kappa shape index (κ1) is 15.7. The highest BCUT2D eigenvalue weighted by molar-refractivity contribution is 5.73. The van der Waals surface area contributed by atoms with Crippen molar-refractivity contribution in [1.82, 2.24) is 10.6 Å². The molecule has 2 amide bonds. The number of carboxylic acid groups (broad SMARTS) is 1. The summed E-state index contributed by atoms with van der Waals surface area (Å²) in [6, 6.07) is -0.219. The zero-order valence-corrected chi connectivity index (χ0v) is 10.5. The summed E-state index contributed by atoms with van der Waals surface area (Å²) in [6.45, 7) is 3.65. The molecule has 1 unspecified atom stereocenters. The van der Waals surface area contributed by atoms with Crippen molar-refractivity contribution >= 4 is 12.0 Å². The van der Waals surface area contributed by atoms with E-state index in [0.717, 1.165) is 0 Å². The molecule has 1 atom stereocenters. The van der Waals surface area contributed by atoms with Crippen LogP contribution in [0, 0.1) is 5.92 Å². The van der Waals surface area contributed by atoms with Gasteiger partial charge in [-0.25, -0.2) is 4.79 Å². The third-order valence-electron chi connectivity index (χ3n) is 2.17. The maximum atomic E-state index is 11.3. The Morgan fingerprint density at radius 1 is 1.29 bits per heavy atom. The van der Waals surface area contributed by atoms with E-state index in [4.69, 9.17) is 9.84 Å². The average molecular weight is 246 g/mol. The fourth-order valence-corrected chi connectivity index (χ4v) is 1.28. The average Bonchev–Trinajstić information content (AvgIpc) is 2.26. The summed E-state index contributed by atoms with van der Waals surface area (Å²) in [7, 11) is 1.62. The van der Waals surface area contributed by atoms with Crippen LogP contribution in [-0.4, -0.2) is 43.9 Å². The number of hydrogen-bond acceptors (Lipinski definition) is 3. The lowest BCUT2D eigenvalue weighted by molar-refractivity contribution is -0.137. The Labute approximate surface area is 102 Å². The first-order valence-electron chi connectivity index (χ1n) is 5.78. The number of methoxy groups -OCH3 is 1. The summed E-state index contributed by atoms with van der Waals surface area (Å²) in [5, 5.41) is 13.8. The van der Waals surface area contributed by atoms with Gasteiger partial charge >= 0.3 is 12.0 Å². The first-order valence-corrected chi connectivity index (χ1v) is 5.78. The van der Waals surface area contributed by atoms with E-state index >= 15 is 0 Å². The quantitative estimate of drug-likeness (QED) is 0.526. The van der Waals surface area contributed by atoms with E-state index in [2.05, 4.69) is 10.6 Å². The van der Waals surface area contributed by atoms with Gasteiger partial charge in [0.15, 0.2) is 0 Å². The van der Waals surface area contributed by atoms with Gasteiger partial charge in [0.25, 0.3) is 0 Å². The molecule has 0 saturated heterocycles. The lowest BCUT2D eigenvalue weighted by atomic mass is 10.2. The van der Waals surface area contributed by atoms with Crippen LogP contribution >= 0.6 is 0 Å². The van der Waals surface area contributed by atoms with Crippen molar-refractivity contribution in [2.75, 3.05) is 26.8 Å². The topological polar surface area (TPSA) is 87.7 Å². The van der Waals surface area contributed by atoms with E-state index in [9.17, 15) is 9.59 Å². The number of urea groups is 1. The fraction of sp³-hybridized carbons (Fsp3) is 0.818. The van der Waals surface area contributed by atoms with Gasteiger partial charge in [-0.05, 0) is 18.8 Å². The van der Waals surface area contributed by atoms with Crippen molar-refractivity contribution in [2.24, 2.45) is 5.92 Å². The van der Waals surface area contributed by atoms with Gasteiger partial charge in [-0.1, -0.05) is 6.92 Å². The molecule has 0 aliphatic rings. The molecule has 0 fully saturated rings. The lowest BCUT2D eigenvalue weighted by Crippen LogP contribution is -2.38. The van der Waals surface area contributed by atoms with Crippen LogP contribution in [0.15, 0.2) is 0 Å². The van der Waals surface area contributed by atoms with E-state index < -0.39 is 5.97 Å². The Morgan fingerprint density at radius 2 is 2.00 bits per heavy atom. The second kappa shape index (κ2) is 9.89. The van der Waals surface area contributed by atoms with Crippen LogP contribution in [0.1, 0.15) is 26.2 Å². The second-order valence-corrected chi connectivity index (χ2v) is 4.05. The molecule has 0 heterocycles. The highest BCUT2D eigenvalue weighted by Gasteiger charge is 2.04. The number of hydrogen-bond donors (Lipinski definition) is 3. The lowest BCUT2D eigenvalue weighted by Gasteiger charge is -2.12. The SMILES string of the molecule is COCC(C)CNC(=O)NCCCCC(=O)O. The molecule has 0 spiro atoms. The molecule has 0 saturated carbocycles. The number of aliphatic carboxylic acids is 1. The van der Waals surface area contributed by atoms with Gasteiger partial charge < -0.3 is 20.5 Å². The number of carbonyl (C=O) groups excluding carboxylic acids is 1. The molecule has 0 radical (unpaired) electrons. The molecule has 0 aliphatic heterocycles. The van der Waals surface area contributed by atoms with Crippen LogP contribution in [0.5, 0.6) is 0 Å². The predicted octanol–water partition coefficient (Wildman–Crippen LogP) is 0.823. The van der Waals surface area contributed by atoms with Crippen molar-refractivity contribution in [3.05, 3.63) is 0 Å². The van der Waals surface area contributed by atoms with Gasteiger partial charge in [0.05, 0.1) is 6.61 Å². The number of unbranched alkanes of at least 4 members (excludes halogenated alkanes) is 1. The van der Waals surface area contributed by atoms with Gasteiger partial charge in [0.2, 0.25) is 0 Å². The molecule has 0 aromatic rings. The predicted molar refractivity (Wildman–Crippen MR) is 63.9 cm³/mol. The monoisotopic (exact) mass is 246 g/mol. The van der Waals surface area contributed by atoms with Crippen molar-refractivity contribution < 1.29 is 19.4 Å². The van der Waals surface area contributed by atoms with Crippen LogP contribution in [0.2, 0.25) is 0 Å². The maximum absolute atomic E-state index is 11.3. The molecule has 0 bridgehead atoms. The van der Waals surface area contributed by atoms with Gasteiger partial charge in [-0.2, -0.15) is 0 Å². The number of ether oxygens (including phenoxy) is 1. The van der Waals surface area contributed by atoms with E-state index in [-0.39, 0.29) is 18.4 Å². The summed E-state index contributed by atoms with van der Waals surface area (Å²) >= 11 is 0. The summed E-state index contributed by atoms with van der Waals surface area (Å²) in [4.78, 5) is 21.5. The highest BCUT2D eigenvalue weighted by atomic mass is 16.5. The maximum Gasteiger partial charge on any atom is 0.314 e. The molecule has 6 nitrogen and oxygen atoms in total. The minimum atomic E-state index is -0.803. The standard InChI is InChI=1S/C11H22N2O4/c1-9(8-17-2)7-13-11(16)12-6-4-3-5-10(14)15/h9H,3-8H2,1-2H3,(H,14,15)(H2,12,13,16). The first-order chi connectivity index (χ1) is 8.06. The minimum absolute atomic E-state index is 0.147. The molecule has 0 aliphatic carbocycles. The normalized spacial score (nSPS) is 11.9. The molecule has 6 heteroatoms. The van der Waals surface area contributed by atoms with Crippen molar-refractivity contribution in [1.29, 1.82) is 0 Å².